The van der Waals surface area contributed by atoms with Crippen molar-refractivity contribution in [1.82, 2.24) is 20.3 Å². The molecule has 0 aliphatic carbocycles. The minimum Gasteiger partial charge on any atom is -0.341 e. The maximum absolute atomic E-state index is 11.9. The molecule has 0 bridgehead atoms. The highest BCUT2D eigenvalue weighted by Crippen LogP contribution is 2.15. The normalized spacial score (nSPS) is 10.3. The third-order valence-corrected chi connectivity index (χ3v) is 3.26. The van der Waals surface area contributed by atoms with Gasteiger partial charge >= 0.3 is 6.03 Å². The highest BCUT2D eigenvalue weighted by atomic mass is 16.2. The van der Waals surface area contributed by atoms with Gasteiger partial charge in [0.2, 0.25) is 0 Å². The van der Waals surface area contributed by atoms with Gasteiger partial charge in [-0.3, -0.25) is 5.32 Å². The molecule has 3 aromatic rings. The number of pyridine rings is 1. The molecular weight excluding hydrogens is 290 g/mol. The number of amides is 2. The van der Waals surface area contributed by atoms with Crippen molar-refractivity contribution in [2.75, 3.05) is 5.32 Å². The molecule has 3 N–H and O–H groups in total. The molecule has 0 unspecified atom stereocenters. The minimum absolute atomic E-state index is 0.310. The van der Waals surface area contributed by atoms with E-state index in [1.54, 1.807) is 12.3 Å². The summed E-state index contributed by atoms with van der Waals surface area (Å²) in [5.74, 6) is 1.21. The summed E-state index contributed by atoms with van der Waals surface area (Å²) in [4.78, 5) is 23.5. The number of aryl methyl sites for hydroxylation is 1. The van der Waals surface area contributed by atoms with Gasteiger partial charge in [0.1, 0.15) is 11.6 Å². The molecule has 0 saturated heterocycles. The number of H-pyrrole nitrogens is 1. The van der Waals surface area contributed by atoms with Crippen molar-refractivity contribution < 1.29 is 4.79 Å². The third-order valence-electron chi connectivity index (χ3n) is 3.26. The highest BCUT2D eigenvalue weighted by Gasteiger charge is 2.06. The standard InChI is InChI=1S/C17H17N5O/c1-12-6-5-9-15(20-12)22-17(23)19-11-16-18-10-14(21-16)13-7-3-2-4-8-13/h2-10H,11H2,1H3,(H,18,21)(H2,19,20,22,23). The summed E-state index contributed by atoms with van der Waals surface area (Å²) in [6.07, 6.45) is 1.76. The quantitative estimate of drug-likeness (QED) is 0.692. The largest absolute Gasteiger partial charge is 0.341 e. The van der Waals surface area contributed by atoms with E-state index in [2.05, 4.69) is 25.6 Å². The Morgan fingerprint density at radius 1 is 1.13 bits per heavy atom. The van der Waals surface area contributed by atoms with Crippen molar-refractivity contribution >= 4 is 11.8 Å². The molecule has 2 aromatic heterocycles. The Morgan fingerprint density at radius 3 is 2.74 bits per heavy atom. The molecule has 0 fully saturated rings. The lowest BCUT2D eigenvalue weighted by Crippen LogP contribution is -2.29. The van der Waals surface area contributed by atoms with E-state index in [-0.39, 0.29) is 6.03 Å². The smallest absolute Gasteiger partial charge is 0.320 e. The second-order valence-corrected chi connectivity index (χ2v) is 5.08. The van der Waals surface area contributed by atoms with Crippen LogP contribution in [0.5, 0.6) is 0 Å². The minimum atomic E-state index is -0.319. The summed E-state index contributed by atoms with van der Waals surface area (Å²) in [5, 5.41) is 5.44. The predicted octanol–water partition coefficient (Wildman–Crippen LogP) is 3.10. The molecule has 0 radical (unpaired) electrons. The van der Waals surface area contributed by atoms with Crippen molar-refractivity contribution in [1.29, 1.82) is 0 Å². The second kappa shape index (κ2) is 6.74. The molecule has 0 atom stereocenters. The van der Waals surface area contributed by atoms with E-state index >= 15 is 0 Å². The van der Waals surface area contributed by atoms with Crippen molar-refractivity contribution in [3.63, 3.8) is 0 Å². The van der Waals surface area contributed by atoms with E-state index in [4.69, 9.17) is 0 Å². The molecule has 0 aliphatic rings. The van der Waals surface area contributed by atoms with E-state index in [9.17, 15) is 4.79 Å². The first kappa shape index (κ1) is 14.8. The van der Waals surface area contributed by atoms with Crippen molar-refractivity contribution in [3.8, 4) is 11.3 Å². The molecule has 2 heterocycles. The summed E-state index contributed by atoms with van der Waals surface area (Å²) in [6, 6.07) is 15.0. The molecular formula is C17H17N5O. The number of aromatic amines is 1. The van der Waals surface area contributed by atoms with Crippen LogP contribution in [-0.4, -0.2) is 21.0 Å². The molecule has 2 amide bonds. The SMILES string of the molecule is Cc1cccc(NC(=O)NCc2ncc(-c3ccccc3)[nH]2)n1. The molecule has 6 nitrogen and oxygen atoms in total. The van der Waals surface area contributed by atoms with Gasteiger partial charge in [-0.05, 0) is 24.6 Å². The Morgan fingerprint density at radius 2 is 1.96 bits per heavy atom. The lowest BCUT2D eigenvalue weighted by atomic mass is 10.2. The maximum Gasteiger partial charge on any atom is 0.320 e. The molecule has 6 heteroatoms. The van der Waals surface area contributed by atoms with Gasteiger partial charge in [-0.2, -0.15) is 0 Å². The van der Waals surface area contributed by atoms with Crippen LogP contribution >= 0.6 is 0 Å². The highest BCUT2D eigenvalue weighted by molar-refractivity contribution is 5.88. The van der Waals surface area contributed by atoms with Crippen LogP contribution in [0.1, 0.15) is 11.5 Å². The number of hydrogen-bond acceptors (Lipinski definition) is 3. The van der Waals surface area contributed by atoms with E-state index in [1.165, 1.54) is 0 Å². The number of anilines is 1. The molecule has 0 aliphatic heterocycles. The van der Waals surface area contributed by atoms with Crippen molar-refractivity contribution in [3.05, 3.63) is 66.2 Å². The van der Waals surface area contributed by atoms with Gasteiger partial charge < -0.3 is 10.3 Å². The first-order valence-electron chi connectivity index (χ1n) is 7.28. The van der Waals surface area contributed by atoms with Gasteiger partial charge in [0, 0.05) is 5.69 Å². The van der Waals surface area contributed by atoms with Crippen LogP contribution < -0.4 is 10.6 Å². The summed E-state index contributed by atoms with van der Waals surface area (Å²) >= 11 is 0. The molecule has 0 spiro atoms. The molecule has 116 valence electrons. The van der Waals surface area contributed by atoms with E-state index < -0.39 is 0 Å². The summed E-state index contributed by atoms with van der Waals surface area (Å²) in [5.41, 5.74) is 2.82. The zero-order chi connectivity index (χ0) is 16.1. The van der Waals surface area contributed by atoms with Gasteiger partial charge in [-0.25, -0.2) is 14.8 Å². The fraction of sp³-hybridized carbons (Fsp3) is 0.118. The summed E-state index contributed by atoms with van der Waals surface area (Å²) in [7, 11) is 0. The van der Waals surface area contributed by atoms with Gasteiger partial charge in [0.15, 0.2) is 0 Å². The van der Waals surface area contributed by atoms with Gasteiger partial charge in [-0.1, -0.05) is 36.4 Å². The zero-order valence-corrected chi connectivity index (χ0v) is 12.7. The lowest BCUT2D eigenvalue weighted by molar-refractivity contribution is 0.251. The third kappa shape index (κ3) is 3.94. The second-order valence-electron chi connectivity index (χ2n) is 5.08. The number of hydrogen-bond donors (Lipinski definition) is 3. The van der Waals surface area contributed by atoms with E-state index in [0.717, 1.165) is 17.0 Å². The van der Waals surface area contributed by atoms with Crippen LogP contribution in [0, 0.1) is 6.92 Å². The number of imidazole rings is 1. The number of rotatable bonds is 4. The fourth-order valence-electron chi connectivity index (χ4n) is 2.15. The Kier molecular flexibility index (Phi) is 4.33. The van der Waals surface area contributed by atoms with Crippen LogP contribution in [0.15, 0.2) is 54.7 Å². The Balaban J connectivity index is 1.56. The number of benzene rings is 1. The van der Waals surface area contributed by atoms with E-state index in [1.807, 2.05) is 49.4 Å². The summed E-state index contributed by atoms with van der Waals surface area (Å²) < 4.78 is 0. The van der Waals surface area contributed by atoms with Gasteiger partial charge in [-0.15, -0.1) is 0 Å². The molecule has 23 heavy (non-hydrogen) atoms. The topological polar surface area (TPSA) is 82.7 Å². The van der Waals surface area contributed by atoms with Crippen molar-refractivity contribution in [2.45, 2.75) is 13.5 Å². The van der Waals surface area contributed by atoms with Gasteiger partial charge in [0.05, 0.1) is 18.4 Å². The number of urea groups is 1. The monoisotopic (exact) mass is 307 g/mol. The average Bonchev–Trinajstić information content (AvgIpc) is 3.03. The fourth-order valence-corrected chi connectivity index (χ4v) is 2.15. The van der Waals surface area contributed by atoms with Gasteiger partial charge in [0.25, 0.3) is 0 Å². The Hall–Kier alpha value is -3.15. The number of carbonyl (C=O) groups excluding carboxylic acids is 1. The first-order valence-corrected chi connectivity index (χ1v) is 7.28. The van der Waals surface area contributed by atoms with Crippen LogP contribution in [-0.2, 0) is 6.54 Å². The maximum atomic E-state index is 11.9. The first-order chi connectivity index (χ1) is 11.2. The predicted molar refractivity (Wildman–Crippen MR) is 88.9 cm³/mol. The van der Waals surface area contributed by atoms with Crippen LogP contribution in [0.2, 0.25) is 0 Å². The number of aromatic nitrogens is 3. The number of nitrogens with one attached hydrogen (secondary N) is 3. The molecule has 0 saturated carbocycles. The number of nitrogens with zero attached hydrogens (tertiary/aromatic N) is 2. The van der Waals surface area contributed by atoms with Crippen molar-refractivity contribution in [2.24, 2.45) is 0 Å². The van der Waals surface area contributed by atoms with E-state index in [0.29, 0.717) is 18.2 Å². The number of carbonyl (C=O) groups is 1. The Bertz CT molecular complexity index is 798. The zero-order valence-electron chi connectivity index (χ0n) is 12.7. The Labute approximate surface area is 134 Å². The van der Waals surface area contributed by atoms with Crippen LogP contribution in [0.3, 0.4) is 0 Å². The lowest BCUT2D eigenvalue weighted by Gasteiger charge is -2.06. The summed E-state index contributed by atoms with van der Waals surface area (Å²) in [6.45, 7) is 2.18. The molecule has 3 rings (SSSR count). The van der Waals surface area contributed by atoms with Crippen LogP contribution in [0.4, 0.5) is 10.6 Å². The van der Waals surface area contributed by atoms with Crippen LogP contribution in [0.25, 0.3) is 11.3 Å². The molecule has 1 aromatic carbocycles. The average molecular weight is 307 g/mol.